The number of hydrogen-bond acceptors (Lipinski definition) is 5. The van der Waals surface area contributed by atoms with Gasteiger partial charge in [-0.05, 0) is 25.0 Å². The average Bonchev–Trinajstić information content (AvgIpc) is 3.00. The van der Waals surface area contributed by atoms with Crippen molar-refractivity contribution in [2.24, 2.45) is 0 Å². The summed E-state index contributed by atoms with van der Waals surface area (Å²) < 4.78 is 0. The summed E-state index contributed by atoms with van der Waals surface area (Å²) in [5.74, 6) is 0. The molecule has 3 rings (SSSR count). The summed E-state index contributed by atoms with van der Waals surface area (Å²) in [5.41, 5.74) is 7.68. The predicted octanol–water partition coefficient (Wildman–Crippen LogP) is 2.39. The minimum atomic E-state index is 0.761. The summed E-state index contributed by atoms with van der Waals surface area (Å²) in [6.07, 6.45) is 2.50. The molecule has 1 aliphatic rings. The molecule has 1 saturated heterocycles. The van der Waals surface area contributed by atoms with E-state index >= 15 is 0 Å². The van der Waals surface area contributed by atoms with E-state index in [0.29, 0.717) is 0 Å². The van der Waals surface area contributed by atoms with E-state index in [1.54, 1.807) is 11.3 Å². The summed E-state index contributed by atoms with van der Waals surface area (Å²) in [7, 11) is 0. The molecule has 0 bridgehead atoms. The molecule has 1 aromatic heterocycles. The SMILES string of the molecule is Nc1ccccc1-c1nnc(N2CCCC2)s1. The van der Waals surface area contributed by atoms with E-state index in [1.165, 1.54) is 12.8 Å². The lowest BCUT2D eigenvalue weighted by molar-refractivity contribution is 0.929. The molecule has 1 aromatic carbocycles. The second-order valence-corrected chi connectivity index (χ2v) is 5.13. The van der Waals surface area contributed by atoms with Crippen LogP contribution in [0.3, 0.4) is 0 Å². The highest BCUT2D eigenvalue weighted by molar-refractivity contribution is 7.18. The molecule has 0 amide bonds. The number of benzene rings is 1. The Labute approximate surface area is 104 Å². The van der Waals surface area contributed by atoms with Gasteiger partial charge in [-0.15, -0.1) is 10.2 Å². The second-order valence-electron chi connectivity index (χ2n) is 4.17. The Kier molecular flexibility index (Phi) is 2.68. The van der Waals surface area contributed by atoms with E-state index in [-0.39, 0.29) is 0 Å². The monoisotopic (exact) mass is 246 g/mol. The lowest BCUT2D eigenvalue weighted by Crippen LogP contribution is -2.17. The van der Waals surface area contributed by atoms with Gasteiger partial charge in [-0.25, -0.2) is 0 Å². The zero-order chi connectivity index (χ0) is 11.7. The van der Waals surface area contributed by atoms with Gasteiger partial charge < -0.3 is 10.6 Å². The quantitative estimate of drug-likeness (QED) is 0.827. The first-order valence-electron chi connectivity index (χ1n) is 5.78. The van der Waals surface area contributed by atoms with Gasteiger partial charge in [0.2, 0.25) is 5.13 Å². The van der Waals surface area contributed by atoms with Crippen LogP contribution in [0.15, 0.2) is 24.3 Å². The Hall–Kier alpha value is -1.62. The van der Waals surface area contributed by atoms with Crippen LogP contribution in [0, 0.1) is 0 Å². The van der Waals surface area contributed by atoms with E-state index in [9.17, 15) is 0 Å². The molecule has 0 spiro atoms. The minimum absolute atomic E-state index is 0.761. The van der Waals surface area contributed by atoms with Gasteiger partial charge in [0.1, 0.15) is 0 Å². The van der Waals surface area contributed by atoms with Crippen LogP contribution < -0.4 is 10.6 Å². The minimum Gasteiger partial charge on any atom is -0.398 e. The molecular weight excluding hydrogens is 232 g/mol. The lowest BCUT2D eigenvalue weighted by atomic mass is 10.2. The van der Waals surface area contributed by atoms with Crippen molar-refractivity contribution in [2.45, 2.75) is 12.8 Å². The summed E-state index contributed by atoms with van der Waals surface area (Å²) >= 11 is 1.62. The maximum Gasteiger partial charge on any atom is 0.208 e. The summed E-state index contributed by atoms with van der Waals surface area (Å²) in [5, 5.41) is 10.4. The number of hydrogen-bond donors (Lipinski definition) is 1. The van der Waals surface area contributed by atoms with Gasteiger partial charge in [-0.1, -0.05) is 23.5 Å². The number of aromatic nitrogens is 2. The number of anilines is 2. The predicted molar refractivity (Wildman–Crippen MR) is 71.2 cm³/mol. The summed E-state index contributed by atoms with van der Waals surface area (Å²) in [6.45, 7) is 2.19. The van der Waals surface area contributed by atoms with Crippen molar-refractivity contribution in [3.05, 3.63) is 24.3 Å². The normalized spacial score (nSPS) is 15.4. The number of nitrogen functional groups attached to an aromatic ring is 1. The fraction of sp³-hybridized carbons (Fsp3) is 0.333. The van der Waals surface area contributed by atoms with Gasteiger partial charge >= 0.3 is 0 Å². The number of rotatable bonds is 2. The Balaban J connectivity index is 1.92. The largest absolute Gasteiger partial charge is 0.398 e. The van der Waals surface area contributed by atoms with Crippen LogP contribution in [0.5, 0.6) is 0 Å². The first-order chi connectivity index (χ1) is 8.34. The van der Waals surface area contributed by atoms with Gasteiger partial charge in [0.15, 0.2) is 5.01 Å². The standard InChI is InChI=1S/C12H14N4S/c13-10-6-2-1-5-9(10)11-14-15-12(17-11)16-7-3-4-8-16/h1-2,5-6H,3-4,7-8,13H2. The Bertz CT molecular complexity index is 517. The van der Waals surface area contributed by atoms with Crippen LogP contribution >= 0.6 is 11.3 Å². The van der Waals surface area contributed by atoms with Crippen molar-refractivity contribution in [1.82, 2.24) is 10.2 Å². The third kappa shape index (κ3) is 1.98. The third-order valence-corrected chi connectivity index (χ3v) is 4.00. The number of nitrogens with two attached hydrogens (primary N) is 1. The smallest absolute Gasteiger partial charge is 0.208 e. The maximum absolute atomic E-state index is 5.94. The van der Waals surface area contributed by atoms with E-state index in [4.69, 9.17) is 5.73 Å². The molecule has 5 heteroatoms. The zero-order valence-electron chi connectivity index (χ0n) is 9.47. The summed E-state index contributed by atoms with van der Waals surface area (Å²) in [6, 6.07) is 7.79. The fourth-order valence-electron chi connectivity index (χ4n) is 2.05. The molecule has 0 aliphatic carbocycles. The Morgan fingerprint density at radius 1 is 1.12 bits per heavy atom. The number of para-hydroxylation sites is 1. The Morgan fingerprint density at radius 2 is 1.88 bits per heavy atom. The highest BCUT2D eigenvalue weighted by Crippen LogP contribution is 2.32. The van der Waals surface area contributed by atoms with Gasteiger partial charge in [-0.2, -0.15) is 0 Å². The van der Waals surface area contributed by atoms with Crippen molar-refractivity contribution in [1.29, 1.82) is 0 Å². The van der Waals surface area contributed by atoms with Crippen molar-refractivity contribution < 1.29 is 0 Å². The molecule has 2 N–H and O–H groups in total. The fourth-order valence-corrected chi connectivity index (χ4v) is 3.00. The molecule has 2 aromatic rings. The van der Waals surface area contributed by atoms with Crippen molar-refractivity contribution >= 4 is 22.2 Å². The van der Waals surface area contributed by atoms with Crippen LogP contribution in [-0.2, 0) is 0 Å². The molecule has 0 saturated carbocycles. The number of nitrogens with zero attached hydrogens (tertiary/aromatic N) is 3. The van der Waals surface area contributed by atoms with Crippen molar-refractivity contribution in [3.63, 3.8) is 0 Å². The van der Waals surface area contributed by atoms with E-state index in [1.807, 2.05) is 24.3 Å². The van der Waals surface area contributed by atoms with Crippen LogP contribution in [0.4, 0.5) is 10.8 Å². The van der Waals surface area contributed by atoms with Gasteiger partial charge in [0.25, 0.3) is 0 Å². The molecule has 88 valence electrons. The molecule has 17 heavy (non-hydrogen) atoms. The lowest BCUT2D eigenvalue weighted by Gasteiger charge is -2.11. The maximum atomic E-state index is 5.94. The first kappa shape index (κ1) is 10.5. The van der Waals surface area contributed by atoms with E-state index in [2.05, 4.69) is 15.1 Å². The molecule has 0 unspecified atom stereocenters. The molecular formula is C12H14N4S. The molecule has 0 atom stereocenters. The third-order valence-electron chi connectivity index (χ3n) is 2.98. The molecule has 0 radical (unpaired) electrons. The van der Waals surface area contributed by atoms with Gasteiger partial charge in [0, 0.05) is 24.3 Å². The van der Waals surface area contributed by atoms with Crippen LogP contribution in [0.2, 0.25) is 0 Å². The topological polar surface area (TPSA) is 55.0 Å². The van der Waals surface area contributed by atoms with Crippen LogP contribution in [0.1, 0.15) is 12.8 Å². The zero-order valence-corrected chi connectivity index (χ0v) is 10.3. The molecule has 4 nitrogen and oxygen atoms in total. The van der Waals surface area contributed by atoms with Gasteiger partial charge in [0.05, 0.1) is 0 Å². The Morgan fingerprint density at radius 3 is 2.65 bits per heavy atom. The summed E-state index contributed by atoms with van der Waals surface area (Å²) in [4.78, 5) is 2.29. The van der Waals surface area contributed by atoms with Crippen LogP contribution in [0.25, 0.3) is 10.6 Å². The average molecular weight is 246 g/mol. The molecule has 2 heterocycles. The van der Waals surface area contributed by atoms with Gasteiger partial charge in [-0.3, -0.25) is 0 Å². The first-order valence-corrected chi connectivity index (χ1v) is 6.59. The highest BCUT2D eigenvalue weighted by atomic mass is 32.1. The van der Waals surface area contributed by atoms with E-state index in [0.717, 1.165) is 34.5 Å². The highest BCUT2D eigenvalue weighted by Gasteiger charge is 2.17. The van der Waals surface area contributed by atoms with Crippen molar-refractivity contribution in [2.75, 3.05) is 23.7 Å². The van der Waals surface area contributed by atoms with Crippen molar-refractivity contribution in [3.8, 4) is 10.6 Å². The molecule has 1 fully saturated rings. The molecule has 1 aliphatic heterocycles. The second kappa shape index (κ2) is 4.33. The van der Waals surface area contributed by atoms with E-state index < -0.39 is 0 Å². The van der Waals surface area contributed by atoms with Crippen LogP contribution in [-0.4, -0.2) is 23.3 Å².